The molecule has 0 radical (unpaired) electrons. The first kappa shape index (κ1) is 85.3. The van der Waals surface area contributed by atoms with Gasteiger partial charge in [0.25, 0.3) is 0 Å². The summed E-state index contributed by atoms with van der Waals surface area (Å²) in [5.74, 6) is 0.543. The molecule has 0 unspecified atom stereocenters. The average molecular weight is 1800 g/mol. The molecule has 0 amide bonds. The zero-order valence-corrected chi connectivity index (χ0v) is 80.0. The first-order chi connectivity index (χ1) is 69.1. The fraction of sp³-hybridized carbons (Fsp3) is 0.118. The largest absolute Gasteiger partial charge is 0.309 e. The van der Waals surface area contributed by atoms with Crippen LogP contribution in [0.25, 0.3) is 199 Å². The Balaban J connectivity index is 0.0000000985. The van der Waals surface area contributed by atoms with Gasteiger partial charge in [-0.3, -0.25) is 0 Å². The average Bonchev–Trinajstić information content (AvgIpc) is 1.60. The van der Waals surface area contributed by atoms with Crippen molar-refractivity contribution < 1.29 is 0 Å². The molecule has 4 nitrogen and oxygen atoms in total. The van der Waals surface area contributed by atoms with Crippen LogP contribution in [0.15, 0.2) is 437 Å². The molecule has 4 heteroatoms. The fourth-order valence-corrected chi connectivity index (χ4v) is 23.1. The van der Waals surface area contributed by atoms with Gasteiger partial charge in [0.05, 0.1) is 44.1 Å². The molecule has 4 aliphatic carbocycles. The van der Waals surface area contributed by atoms with Crippen LogP contribution < -0.4 is 0 Å². The monoisotopic (exact) mass is 1800 g/mol. The smallest absolute Gasteiger partial charge is 0.0541 e. The van der Waals surface area contributed by atoms with Gasteiger partial charge in [-0.05, 0) is 334 Å². The Kier molecular flexibility index (Phi) is 21.9. The van der Waals surface area contributed by atoms with E-state index in [0.717, 1.165) is 38.5 Å². The van der Waals surface area contributed by atoms with Crippen LogP contribution in [-0.4, -0.2) is 18.3 Å². The molecular formula is C136H108N4. The van der Waals surface area contributed by atoms with Gasteiger partial charge in [0.15, 0.2) is 0 Å². The Morgan fingerprint density at radius 3 is 0.657 bits per heavy atom. The molecule has 28 rings (SSSR count). The minimum absolute atomic E-state index is 0.543. The molecule has 0 fully saturated rings. The van der Waals surface area contributed by atoms with Gasteiger partial charge in [-0.2, -0.15) is 0 Å². The molecule has 4 aliphatic rings. The van der Waals surface area contributed by atoms with Crippen LogP contribution in [0.2, 0.25) is 0 Å². The molecule has 0 spiro atoms. The fourth-order valence-electron chi connectivity index (χ4n) is 23.1. The summed E-state index contributed by atoms with van der Waals surface area (Å²) in [6.45, 7) is 11.3. The molecular weight excluding hydrogens is 1690 g/mol. The highest BCUT2D eigenvalue weighted by Crippen LogP contribution is 2.48. The lowest BCUT2D eigenvalue weighted by Crippen LogP contribution is -1.93. The van der Waals surface area contributed by atoms with Crippen molar-refractivity contribution in [1.29, 1.82) is 0 Å². The molecule has 24 aromatic rings. The van der Waals surface area contributed by atoms with Crippen LogP contribution in [0.5, 0.6) is 0 Å². The Labute approximate surface area is 819 Å². The number of rotatable bonds is 15. The Bertz CT molecular complexity index is 8750. The van der Waals surface area contributed by atoms with E-state index in [1.54, 1.807) is 0 Å². The van der Waals surface area contributed by atoms with Gasteiger partial charge >= 0.3 is 0 Å². The molecule has 672 valence electrons. The summed E-state index contributed by atoms with van der Waals surface area (Å²) < 4.78 is 9.51. The first-order valence-corrected chi connectivity index (χ1v) is 50.4. The number of benzene rings is 20. The summed E-state index contributed by atoms with van der Waals surface area (Å²) in [7, 11) is 0. The van der Waals surface area contributed by atoms with Crippen molar-refractivity contribution in [2.75, 3.05) is 0 Å². The number of hydrogen-bond donors (Lipinski definition) is 0. The van der Waals surface area contributed by atoms with Crippen molar-refractivity contribution in [2.24, 2.45) is 0 Å². The zero-order valence-electron chi connectivity index (χ0n) is 80.0. The number of unbranched alkanes of at least 4 members (excludes halogenated alkanes) is 1. The van der Waals surface area contributed by atoms with E-state index in [9.17, 15) is 0 Å². The number of para-hydroxylation sites is 8. The van der Waals surface area contributed by atoms with Gasteiger partial charge in [-0.25, -0.2) is 0 Å². The maximum absolute atomic E-state index is 2.44. The van der Waals surface area contributed by atoms with Crippen LogP contribution in [-0.2, 0) is 44.9 Å². The maximum Gasteiger partial charge on any atom is 0.0541 e. The summed E-state index contributed by atoms with van der Waals surface area (Å²) in [5, 5.41) is 10.4. The number of nitrogens with zero attached hydrogens (tertiary/aromatic N) is 4. The Hall–Kier alpha value is -16.4. The number of aryl methyl sites for hydroxylation is 3. The molecule has 0 N–H and O–H groups in total. The van der Waals surface area contributed by atoms with E-state index in [-0.39, 0.29) is 0 Å². The van der Waals surface area contributed by atoms with Gasteiger partial charge < -0.3 is 18.3 Å². The normalized spacial score (nSPS) is 12.3. The van der Waals surface area contributed by atoms with Crippen LogP contribution in [0, 0.1) is 0 Å². The summed E-state index contributed by atoms with van der Waals surface area (Å²) in [4.78, 5) is 0. The Morgan fingerprint density at radius 1 is 0.193 bits per heavy atom. The van der Waals surface area contributed by atoms with E-state index in [4.69, 9.17) is 0 Å². The zero-order chi connectivity index (χ0) is 93.6. The maximum atomic E-state index is 2.44. The van der Waals surface area contributed by atoms with Gasteiger partial charge in [0, 0.05) is 65.8 Å². The second-order valence-electron chi connectivity index (χ2n) is 39.1. The molecule has 0 bridgehead atoms. The van der Waals surface area contributed by atoms with Gasteiger partial charge in [0.1, 0.15) is 0 Å². The van der Waals surface area contributed by atoms with Crippen LogP contribution in [0.1, 0.15) is 127 Å². The van der Waals surface area contributed by atoms with Crippen molar-refractivity contribution in [2.45, 2.75) is 105 Å². The molecule has 0 aliphatic heterocycles. The van der Waals surface area contributed by atoms with E-state index in [1.165, 1.54) is 291 Å². The van der Waals surface area contributed by atoms with Gasteiger partial charge in [-0.15, -0.1) is 0 Å². The molecule has 0 saturated heterocycles. The summed E-state index contributed by atoms with van der Waals surface area (Å²) in [6.07, 6.45) is 11.2. The Morgan fingerprint density at radius 2 is 0.407 bits per heavy atom. The van der Waals surface area contributed by atoms with Crippen molar-refractivity contribution in [3.8, 4) is 112 Å². The van der Waals surface area contributed by atoms with Crippen LogP contribution >= 0.6 is 0 Å². The summed E-state index contributed by atoms with van der Waals surface area (Å²) >= 11 is 0. The second-order valence-corrected chi connectivity index (χ2v) is 39.1. The van der Waals surface area contributed by atoms with Gasteiger partial charge in [-0.1, -0.05) is 363 Å². The minimum Gasteiger partial charge on any atom is -0.309 e. The predicted octanol–water partition coefficient (Wildman–Crippen LogP) is 36.1. The summed E-state index contributed by atoms with van der Waals surface area (Å²) in [6, 6.07) is 162. The lowest BCUT2D eigenvalue weighted by Gasteiger charge is -2.11. The third kappa shape index (κ3) is 15.2. The highest BCUT2D eigenvalue weighted by molar-refractivity contribution is 6.13. The van der Waals surface area contributed by atoms with E-state index < -0.39 is 0 Å². The van der Waals surface area contributed by atoms with Gasteiger partial charge in [0.2, 0.25) is 0 Å². The van der Waals surface area contributed by atoms with Crippen LogP contribution in [0.3, 0.4) is 0 Å². The SMILES string of the molecule is CC(C)c1ccc2c(c1)-c1cc(-c3ccc(-n4c5ccccc5c5ccccc54)cc3)ccc1C2.CCCCc1ccc2c(c1)-c1cc(-c3ccc(-n4c5ccccc5c5ccccc54)cc3)ccc1C2.CCCc1ccc2c(c1)-c1cc(-c3ccc(-n4c5ccccc5c5ccccc54)cc3)ccc1C2.CCc1ccc2c(c1)-c1cc(-c3ccc(-n4c5ccccc5c5ccccc54)cc3)ccc1C2. The van der Waals surface area contributed by atoms with E-state index in [2.05, 4.69) is 490 Å². The van der Waals surface area contributed by atoms with Crippen molar-refractivity contribution >= 4 is 87.2 Å². The molecule has 4 aromatic heterocycles. The molecule has 20 aromatic carbocycles. The molecule has 0 atom stereocenters. The number of aromatic nitrogens is 4. The van der Waals surface area contributed by atoms with E-state index >= 15 is 0 Å². The molecule has 4 heterocycles. The minimum atomic E-state index is 0.543. The van der Waals surface area contributed by atoms with Crippen molar-refractivity contribution in [3.05, 3.63) is 504 Å². The first-order valence-electron chi connectivity index (χ1n) is 50.4. The highest BCUT2D eigenvalue weighted by Gasteiger charge is 2.27. The quantitative estimate of drug-likeness (QED) is 0.0975. The lowest BCUT2D eigenvalue weighted by molar-refractivity contribution is 0.795. The lowest BCUT2D eigenvalue weighted by atomic mass is 9.95. The third-order valence-electron chi connectivity index (χ3n) is 30.4. The van der Waals surface area contributed by atoms with Crippen molar-refractivity contribution in [3.63, 3.8) is 0 Å². The van der Waals surface area contributed by atoms with E-state index in [0.29, 0.717) is 5.92 Å². The van der Waals surface area contributed by atoms with Crippen LogP contribution in [0.4, 0.5) is 0 Å². The highest BCUT2D eigenvalue weighted by atomic mass is 15.0. The number of fused-ring (bicyclic) bond motifs is 24. The topological polar surface area (TPSA) is 19.7 Å². The second kappa shape index (κ2) is 35.9. The molecule has 0 saturated carbocycles. The predicted molar refractivity (Wildman–Crippen MR) is 594 cm³/mol. The molecule has 140 heavy (non-hydrogen) atoms. The summed E-state index contributed by atoms with van der Waals surface area (Å²) in [5.41, 5.74) is 53.5. The van der Waals surface area contributed by atoms with E-state index in [1.807, 2.05) is 0 Å². The standard InChI is InChI=1S/C35H29N.2C34H27N.C33H25N/c1-2-3-8-24-13-14-27-22-28-16-15-26(23-33(28)32(27)21-24)25-17-19-29(20-18-25)36-34-11-6-4-9-30(34)31-10-5-7-12-35(31)36;1-22(2)24-11-13-26-19-27-14-12-25(21-32(27)31(26)20-24)23-15-17-28(18-16-23)35-33-9-5-3-7-29(33)30-8-4-6-10-34(30)35;1-2-7-23-12-13-26-21-27-15-14-25(22-32(27)31(26)20-23)24-16-18-28(19-17-24)35-33-10-5-3-8-29(33)30-9-4-6-11-34(30)35;1-2-22-11-12-25-20-26-14-13-24(21-31(26)30(25)19-22)23-15-17-27(18-16-23)34-32-9-5-3-7-28(32)29-8-4-6-10-33(29)34/h4-7,9-21,23H,2-3,8,22H2,1H3;3-18,20-22H,19H2,1-2H3;3-6,8-20,22H,2,7,21H2,1H3;3-19,21H,2,20H2,1H3. The number of hydrogen-bond acceptors (Lipinski definition) is 0. The third-order valence-corrected chi connectivity index (χ3v) is 30.4. The van der Waals surface area contributed by atoms with Crippen molar-refractivity contribution in [1.82, 2.24) is 18.3 Å².